The average molecular weight is 196 g/mol. The van der Waals surface area contributed by atoms with Crippen molar-refractivity contribution < 1.29 is 15.0 Å². The van der Waals surface area contributed by atoms with Crippen LogP contribution < -0.4 is 5.32 Å². The van der Waals surface area contributed by atoms with Gasteiger partial charge >= 0.3 is 0 Å². The van der Waals surface area contributed by atoms with Gasteiger partial charge in [0, 0.05) is 6.54 Å². The van der Waals surface area contributed by atoms with Gasteiger partial charge in [0.05, 0.1) is 12.7 Å². The third-order valence-corrected chi connectivity index (χ3v) is 1.62. The second kappa shape index (κ2) is 5.31. The van der Waals surface area contributed by atoms with Gasteiger partial charge in [-0.3, -0.25) is 4.79 Å². The van der Waals surface area contributed by atoms with E-state index in [0.717, 1.165) is 0 Å². The number of hydrogen-bond acceptors (Lipinski definition) is 5. The molecular formula is C9H12N2O3. The highest BCUT2D eigenvalue weighted by Gasteiger charge is 2.01. The van der Waals surface area contributed by atoms with E-state index >= 15 is 0 Å². The summed E-state index contributed by atoms with van der Waals surface area (Å²) in [6.07, 6.45) is -0.176. The van der Waals surface area contributed by atoms with Gasteiger partial charge in [-0.05, 0) is 12.1 Å². The quantitative estimate of drug-likeness (QED) is 0.561. The van der Waals surface area contributed by atoms with Gasteiger partial charge in [-0.2, -0.15) is 0 Å². The second-order valence-electron chi connectivity index (χ2n) is 2.78. The molecule has 0 amide bonds. The van der Waals surface area contributed by atoms with Crippen molar-refractivity contribution in [2.75, 3.05) is 18.5 Å². The third-order valence-electron chi connectivity index (χ3n) is 1.62. The number of pyridine rings is 1. The summed E-state index contributed by atoms with van der Waals surface area (Å²) in [6.45, 7) is -0.105. The lowest BCUT2D eigenvalue weighted by atomic mass is 10.3. The average Bonchev–Trinajstić information content (AvgIpc) is 2.26. The minimum atomic E-state index is -0.823. The highest BCUT2D eigenvalue weighted by molar-refractivity contribution is 5.72. The van der Waals surface area contributed by atoms with E-state index in [1.165, 1.54) is 0 Å². The zero-order chi connectivity index (χ0) is 10.4. The summed E-state index contributed by atoms with van der Waals surface area (Å²) in [6, 6.07) is 4.95. The van der Waals surface area contributed by atoms with Gasteiger partial charge in [0.15, 0.2) is 6.29 Å². The number of nitrogens with zero attached hydrogens (tertiary/aromatic N) is 1. The molecule has 0 aromatic carbocycles. The molecule has 0 aliphatic carbocycles. The molecule has 0 aliphatic rings. The molecule has 0 saturated heterocycles. The molecule has 76 valence electrons. The van der Waals surface area contributed by atoms with Gasteiger partial charge < -0.3 is 15.5 Å². The Morgan fingerprint density at radius 1 is 1.57 bits per heavy atom. The molecule has 0 saturated carbocycles. The van der Waals surface area contributed by atoms with Gasteiger partial charge in [-0.1, -0.05) is 6.07 Å². The number of aromatic nitrogens is 1. The van der Waals surface area contributed by atoms with Crippen molar-refractivity contribution in [3.63, 3.8) is 0 Å². The lowest BCUT2D eigenvalue weighted by Gasteiger charge is -2.09. The largest absolute Gasteiger partial charge is 0.394 e. The predicted molar refractivity (Wildman–Crippen MR) is 51.2 cm³/mol. The van der Waals surface area contributed by atoms with E-state index in [1.807, 2.05) is 0 Å². The molecule has 1 unspecified atom stereocenters. The minimum absolute atomic E-state index is 0.200. The van der Waals surface area contributed by atoms with E-state index < -0.39 is 6.10 Å². The van der Waals surface area contributed by atoms with Crippen molar-refractivity contribution in [1.29, 1.82) is 0 Å². The highest BCUT2D eigenvalue weighted by Crippen LogP contribution is 2.02. The molecule has 3 N–H and O–H groups in total. The molecule has 1 atom stereocenters. The smallest absolute Gasteiger partial charge is 0.168 e. The van der Waals surface area contributed by atoms with Gasteiger partial charge in [0.1, 0.15) is 11.5 Å². The fraction of sp³-hybridized carbons (Fsp3) is 0.333. The van der Waals surface area contributed by atoms with Crippen LogP contribution >= 0.6 is 0 Å². The summed E-state index contributed by atoms with van der Waals surface area (Å²) in [5.74, 6) is 0.502. The number of aliphatic hydroxyl groups is 2. The van der Waals surface area contributed by atoms with Crippen LogP contribution in [0.1, 0.15) is 10.5 Å². The lowest BCUT2D eigenvalue weighted by molar-refractivity contribution is 0.105. The Bertz CT molecular complexity index is 304. The summed E-state index contributed by atoms with van der Waals surface area (Å²) in [4.78, 5) is 14.3. The van der Waals surface area contributed by atoms with Crippen molar-refractivity contribution >= 4 is 12.1 Å². The van der Waals surface area contributed by atoms with Crippen molar-refractivity contribution in [3.05, 3.63) is 23.9 Å². The molecular weight excluding hydrogens is 184 g/mol. The number of rotatable bonds is 5. The van der Waals surface area contributed by atoms with Crippen LogP contribution in [0.25, 0.3) is 0 Å². The first-order valence-electron chi connectivity index (χ1n) is 4.21. The number of aliphatic hydroxyl groups excluding tert-OH is 2. The number of nitrogens with one attached hydrogen (secondary N) is 1. The number of anilines is 1. The molecule has 0 bridgehead atoms. The highest BCUT2D eigenvalue weighted by atomic mass is 16.3. The second-order valence-corrected chi connectivity index (χ2v) is 2.78. The molecule has 5 nitrogen and oxygen atoms in total. The summed E-state index contributed by atoms with van der Waals surface area (Å²) in [5, 5.41) is 20.4. The first kappa shape index (κ1) is 10.6. The number of hydrogen-bond donors (Lipinski definition) is 3. The first-order chi connectivity index (χ1) is 6.76. The third kappa shape index (κ3) is 3.12. The molecule has 0 radical (unpaired) electrons. The monoisotopic (exact) mass is 196 g/mol. The first-order valence-corrected chi connectivity index (χ1v) is 4.21. The van der Waals surface area contributed by atoms with Crippen LogP contribution in [0.3, 0.4) is 0 Å². The summed E-state index contributed by atoms with van der Waals surface area (Å²) in [7, 11) is 0. The summed E-state index contributed by atoms with van der Waals surface area (Å²) >= 11 is 0. The van der Waals surface area contributed by atoms with E-state index in [2.05, 4.69) is 10.3 Å². The SMILES string of the molecule is O=Cc1cccc(NCC(O)CO)n1. The molecule has 0 spiro atoms. The van der Waals surface area contributed by atoms with Gasteiger partial charge in [-0.15, -0.1) is 0 Å². The van der Waals surface area contributed by atoms with Crippen molar-refractivity contribution in [2.45, 2.75) is 6.10 Å². The van der Waals surface area contributed by atoms with Crippen LogP contribution in [0.15, 0.2) is 18.2 Å². The van der Waals surface area contributed by atoms with Crippen LogP contribution in [-0.2, 0) is 0 Å². The Labute approximate surface area is 81.4 Å². The Balaban J connectivity index is 2.54. The molecule has 1 heterocycles. The van der Waals surface area contributed by atoms with Crippen molar-refractivity contribution in [3.8, 4) is 0 Å². The van der Waals surface area contributed by atoms with Gasteiger partial charge in [0.25, 0.3) is 0 Å². The fourth-order valence-electron chi connectivity index (χ4n) is 0.902. The van der Waals surface area contributed by atoms with Crippen LogP contribution in [0.5, 0.6) is 0 Å². The molecule has 1 aromatic rings. The summed E-state index contributed by atoms with van der Waals surface area (Å²) in [5.41, 5.74) is 0.327. The van der Waals surface area contributed by atoms with Crippen LogP contribution in [0, 0.1) is 0 Å². The molecule has 0 aliphatic heterocycles. The van der Waals surface area contributed by atoms with Crippen LogP contribution in [0.4, 0.5) is 5.82 Å². The number of carbonyl (C=O) groups excluding carboxylic acids is 1. The zero-order valence-electron chi connectivity index (χ0n) is 7.55. The summed E-state index contributed by atoms with van der Waals surface area (Å²) < 4.78 is 0. The van der Waals surface area contributed by atoms with Gasteiger partial charge in [0.2, 0.25) is 0 Å². The Morgan fingerprint density at radius 3 is 3.00 bits per heavy atom. The topological polar surface area (TPSA) is 82.5 Å². The zero-order valence-corrected chi connectivity index (χ0v) is 7.55. The standard InChI is InChI=1S/C9H12N2O3/c12-5-7-2-1-3-9(11-7)10-4-8(14)6-13/h1-3,5,8,13-14H,4,6H2,(H,10,11). The van der Waals surface area contributed by atoms with E-state index in [-0.39, 0.29) is 13.2 Å². The van der Waals surface area contributed by atoms with Crippen LogP contribution in [0.2, 0.25) is 0 Å². The predicted octanol–water partition coefficient (Wildman–Crippen LogP) is -0.341. The minimum Gasteiger partial charge on any atom is -0.394 e. The normalized spacial score (nSPS) is 12.1. The fourth-order valence-corrected chi connectivity index (χ4v) is 0.902. The molecule has 1 aromatic heterocycles. The van der Waals surface area contributed by atoms with E-state index in [4.69, 9.17) is 10.2 Å². The van der Waals surface area contributed by atoms with E-state index in [9.17, 15) is 4.79 Å². The van der Waals surface area contributed by atoms with Crippen LogP contribution in [-0.4, -0.2) is 40.7 Å². The molecule has 14 heavy (non-hydrogen) atoms. The Hall–Kier alpha value is -1.46. The number of carbonyl (C=O) groups is 1. The maximum atomic E-state index is 10.4. The molecule has 1 rings (SSSR count). The maximum Gasteiger partial charge on any atom is 0.168 e. The van der Waals surface area contributed by atoms with E-state index in [1.54, 1.807) is 18.2 Å². The Kier molecular flexibility index (Phi) is 4.03. The molecule has 5 heteroatoms. The van der Waals surface area contributed by atoms with Crippen molar-refractivity contribution in [2.24, 2.45) is 0 Å². The lowest BCUT2D eigenvalue weighted by Crippen LogP contribution is -2.23. The number of aldehydes is 1. The van der Waals surface area contributed by atoms with Crippen molar-refractivity contribution in [1.82, 2.24) is 4.98 Å². The van der Waals surface area contributed by atoms with Gasteiger partial charge in [-0.25, -0.2) is 4.98 Å². The maximum absolute atomic E-state index is 10.4. The Morgan fingerprint density at radius 2 is 2.36 bits per heavy atom. The van der Waals surface area contributed by atoms with E-state index in [0.29, 0.717) is 17.8 Å². The molecule has 0 fully saturated rings.